The Kier molecular flexibility index (Phi) is 3.96. The number of para-hydroxylation sites is 1. The van der Waals surface area contributed by atoms with Gasteiger partial charge in [-0.25, -0.2) is 5.43 Å². The van der Waals surface area contributed by atoms with Crippen LogP contribution in [-0.4, -0.2) is 23.2 Å². The maximum Gasteiger partial charge on any atom is 0.271 e. The van der Waals surface area contributed by atoms with Gasteiger partial charge in [-0.15, -0.1) is 0 Å². The van der Waals surface area contributed by atoms with Crippen molar-refractivity contribution in [2.24, 2.45) is 5.10 Å². The molecule has 5 nitrogen and oxygen atoms in total. The van der Waals surface area contributed by atoms with Crippen LogP contribution < -0.4 is 10.2 Å². The Morgan fingerprint density at radius 1 is 1.27 bits per heavy atom. The molecule has 0 saturated heterocycles. The fraction of sp³-hybridized carbons (Fsp3) is 0.118. The fourth-order valence-electron chi connectivity index (χ4n) is 2.14. The van der Waals surface area contributed by atoms with E-state index in [0.29, 0.717) is 5.56 Å². The number of hydrazone groups is 1. The van der Waals surface area contributed by atoms with Crippen molar-refractivity contribution in [2.75, 3.05) is 0 Å². The van der Waals surface area contributed by atoms with Gasteiger partial charge in [0.25, 0.3) is 5.91 Å². The molecule has 3 rings (SSSR count). The van der Waals surface area contributed by atoms with Gasteiger partial charge in [0.1, 0.15) is 11.9 Å². The van der Waals surface area contributed by atoms with Crippen LogP contribution in [0.4, 0.5) is 0 Å². The molecular formula is C17H15N3O2. The van der Waals surface area contributed by atoms with Crippen LogP contribution in [0, 0.1) is 0 Å². The van der Waals surface area contributed by atoms with E-state index in [2.05, 4.69) is 15.5 Å². The van der Waals surface area contributed by atoms with E-state index < -0.39 is 0 Å². The third kappa shape index (κ3) is 3.03. The molecule has 0 fully saturated rings. The molecule has 1 aliphatic heterocycles. The lowest BCUT2D eigenvalue weighted by Crippen LogP contribution is -2.22. The number of rotatable bonds is 3. The lowest BCUT2D eigenvalue weighted by molar-refractivity contribution is 0.0955. The number of carbonyl (C=O) groups excluding carboxylic acids is 1. The number of nitrogens with one attached hydrogen (secondary N) is 1. The number of amides is 1. The van der Waals surface area contributed by atoms with E-state index in [1.165, 1.54) is 0 Å². The predicted octanol–water partition coefficient (Wildman–Crippen LogP) is 2.66. The van der Waals surface area contributed by atoms with Gasteiger partial charge in [0.05, 0.1) is 6.21 Å². The first-order valence-corrected chi connectivity index (χ1v) is 6.95. The molecule has 2 heterocycles. The number of pyridine rings is 1. The topological polar surface area (TPSA) is 63.6 Å². The second-order valence-electron chi connectivity index (χ2n) is 4.88. The molecule has 0 unspecified atom stereocenters. The highest BCUT2D eigenvalue weighted by molar-refractivity contribution is 5.95. The normalized spacial score (nSPS) is 16.6. The highest BCUT2D eigenvalue weighted by atomic mass is 16.5. The second kappa shape index (κ2) is 6.22. The van der Waals surface area contributed by atoms with Crippen molar-refractivity contribution >= 4 is 18.2 Å². The van der Waals surface area contributed by atoms with Gasteiger partial charge < -0.3 is 4.74 Å². The Balaban J connectivity index is 1.71. The number of ether oxygens (including phenoxy) is 1. The highest BCUT2D eigenvalue weighted by Crippen LogP contribution is 2.28. The summed E-state index contributed by atoms with van der Waals surface area (Å²) in [5.74, 6) is 0.581. The molecule has 0 aliphatic carbocycles. The third-order valence-electron chi connectivity index (χ3n) is 3.34. The Morgan fingerprint density at radius 2 is 2.05 bits per heavy atom. The maximum absolute atomic E-state index is 11.9. The van der Waals surface area contributed by atoms with Gasteiger partial charge in [-0.1, -0.05) is 18.2 Å². The van der Waals surface area contributed by atoms with Gasteiger partial charge in [-0.05, 0) is 31.2 Å². The molecular weight excluding hydrogens is 278 g/mol. The van der Waals surface area contributed by atoms with E-state index in [0.717, 1.165) is 16.9 Å². The van der Waals surface area contributed by atoms with Crippen LogP contribution in [0.5, 0.6) is 5.75 Å². The number of carbonyl (C=O) groups is 1. The largest absolute Gasteiger partial charge is 0.485 e. The van der Waals surface area contributed by atoms with Crippen molar-refractivity contribution in [1.82, 2.24) is 10.4 Å². The number of aromatic nitrogens is 1. The van der Waals surface area contributed by atoms with Crippen molar-refractivity contribution in [1.29, 1.82) is 0 Å². The number of benzene rings is 1. The summed E-state index contributed by atoms with van der Waals surface area (Å²) in [6.07, 6.45) is 6.63. The van der Waals surface area contributed by atoms with Crippen LogP contribution in [0.15, 0.2) is 59.5 Å². The van der Waals surface area contributed by atoms with Crippen molar-refractivity contribution in [3.05, 3.63) is 65.5 Å². The Labute approximate surface area is 128 Å². The Hall–Kier alpha value is -2.95. The van der Waals surface area contributed by atoms with Crippen molar-refractivity contribution < 1.29 is 9.53 Å². The summed E-state index contributed by atoms with van der Waals surface area (Å²) in [6, 6.07) is 11.1. The molecule has 1 aliphatic rings. The summed E-state index contributed by atoms with van der Waals surface area (Å²) < 4.78 is 5.81. The monoisotopic (exact) mass is 293 g/mol. The standard InChI is InChI=1S/C17H15N3O2/c1-12-15(10-14-4-2-3-5-16(14)22-12)11-19-20-17(21)13-6-8-18-9-7-13/h2-12H,1H3,(H,20,21)/t12-/m0/s1. The molecule has 2 aromatic rings. The summed E-state index contributed by atoms with van der Waals surface area (Å²) >= 11 is 0. The molecule has 1 aromatic heterocycles. The van der Waals surface area contributed by atoms with E-state index in [-0.39, 0.29) is 12.0 Å². The number of fused-ring (bicyclic) bond motifs is 1. The van der Waals surface area contributed by atoms with Crippen molar-refractivity contribution in [3.63, 3.8) is 0 Å². The zero-order valence-corrected chi connectivity index (χ0v) is 12.1. The molecule has 0 radical (unpaired) electrons. The molecule has 1 amide bonds. The molecule has 1 aromatic carbocycles. The van der Waals surface area contributed by atoms with Gasteiger partial charge in [0.15, 0.2) is 0 Å². The number of hydrogen-bond donors (Lipinski definition) is 1. The van der Waals surface area contributed by atoms with Crippen LogP contribution in [0.25, 0.3) is 6.08 Å². The van der Waals surface area contributed by atoms with Gasteiger partial charge in [-0.3, -0.25) is 9.78 Å². The minimum atomic E-state index is -0.274. The first-order valence-electron chi connectivity index (χ1n) is 6.95. The molecule has 0 spiro atoms. The maximum atomic E-state index is 11.9. The van der Waals surface area contributed by atoms with E-state index >= 15 is 0 Å². The first kappa shape index (κ1) is 14.0. The minimum Gasteiger partial charge on any atom is -0.485 e. The Morgan fingerprint density at radius 3 is 2.86 bits per heavy atom. The molecule has 0 bridgehead atoms. The first-order chi connectivity index (χ1) is 10.7. The molecule has 5 heteroatoms. The summed E-state index contributed by atoms with van der Waals surface area (Å²) in [5.41, 5.74) is 4.91. The van der Waals surface area contributed by atoms with E-state index in [1.807, 2.05) is 37.3 Å². The van der Waals surface area contributed by atoms with E-state index in [9.17, 15) is 4.79 Å². The summed E-state index contributed by atoms with van der Waals surface area (Å²) in [7, 11) is 0. The second-order valence-corrected chi connectivity index (χ2v) is 4.88. The fourth-order valence-corrected chi connectivity index (χ4v) is 2.14. The SMILES string of the molecule is C[C@@H]1Oc2ccccc2C=C1C=NNC(=O)c1ccncc1. The van der Waals surface area contributed by atoms with Gasteiger partial charge >= 0.3 is 0 Å². The van der Waals surface area contributed by atoms with Crippen LogP contribution in [0.2, 0.25) is 0 Å². The molecule has 0 saturated carbocycles. The molecule has 1 atom stereocenters. The van der Waals surface area contributed by atoms with Crippen molar-refractivity contribution in [3.8, 4) is 5.75 Å². The van der Waals surface area contributed by atoms with E-state index in [1.54, 1.807) is 30.7 Å². The molecule has 1 N–H and O–H groups in total. The zero-order chi connectivity index (χ0) is 15.4. The zero-order valence-electron chi connectivity index (χ0n) is 12.1. The summed E-state index contributed by atoms with van der Waals surface area (Å²) in [4.78, 5) is 15.7. The molecule has 22 heavy (non-hydrogen) atoms. The average Bonchev–Trinajstić information content (AvgIpc) is 2.56. The van der Waals surface area contributed by atoms with Gasteiger partial charge in [0, 0.05) is 29.1 Å². The van der Waals surface area contributed by atoms with Crippen LogP contribution in [-0.2, 0) is 0 Å². The smallest absolute Gasteiger partial charge is 0.271 e. The lowest BCUT2D eigenvalue weighted by atomic mass is 10.0. The minimum absolute atomic E-state index is 0.114. The van der Waals surface area contributed by atoms with Crippen LogP contribution in [0.1, 0.15) is 22.8 Å². The third-order valence-corrected chi connectivity index (χ3v) is 3.34. The average molecular weight is 293 g/mol. The highest BCUT2D eigenvalue weighted by Gasteiger charge is 2.16. The van der Waals surface area contributed by atoms with Crippen molar-refractivity contribution in [2.45, 2.75) is 13.0 Å². The van der Waals surface area contributed by atoms with E-state index in [4.69, 9.17) is 4.74 Å². The van der Waals surface area contributed by atoms with Crippen LogP contribution in [0.3, 0.4) is 0 Å². The quantitative estimate of drug-likeness (QED) is 0.699. The number of hydrogen-bond acceptors (Lipinski definition) is 4. The lowest BCUT2D eigenvalue weighted by Gasteiger charge is -2.22. The summed E-state index contributed by atoms with van der Waals surface area (Å²) in [5, 5.41) is 4.00. The van der Waals surface area contributed by atoms with Crippen LogP contribution >= 0.6 is 0 Å². The molecule has 110 valence electrons. The summed E-state index contributed by atoms with van der Waals surface area (Å²) in [6.45, 7) is 1.94. The Bertz CT molecular complexity index is 739. The van der Waals surface area contributed by atoms with Gasteiger partial charge in [-0.2, -0.15) is 5.10 Å². The van der Waals surface area contributed by atoms with Gasteiger partial charge in [0.2, 0.25) is 0 Å². The number of nitrogens with zero attached hydrogens (tertiary/aromatic N) is 2. The predicted molar refractivity (Wildman–Crippen MR) is 84.7 cm³/mol.